The van der Waals surface area contributed by atoms with Gasteiger partial charge in [-0.3, -0.25) is 9.69 Å². The standard InChI is InChI=1S/C31H32N2O4/c1-35-27-12-8-24(9-13-27)31(25-10-14-28(36-2)15-11-25)33-19-17-32(18-20-33)30(34)22-37-29-16-7-23-5-3-4-6-26(23)21-29/h3-16,21,31H,17-20,22H2,1-2H3. The Kier molecular flexibility index (Phi) is 7.57. The van der Waals surface area contributed by atoms with Gasteiger partial charge in [-0.1, -0.05) is 54.6 Å². The number of benzene rings is 4. The molecule has 4 aromatic rings. The molecule has 6 heteroatoms. The van der Waals surface area contributed by atoms with Crippen LogP contribution in [0, 0.1) is 0 Å². The van der Waals surface area contributed by atoms with E-state index in [1.807, 2.05) is 65.6 Å². The number of methoxy groups -OCH3 is 2. The van der Waals surface area contributed by atoms with Crippen molar-refractivity contribution in [2.75, 3.05) is 47.0 Å². The lowest BCUT2D eigenvalue weighted by atomic mass is 9.96. The molecule has 0 N–H and O–H groups in total. The van der Waals surface area contributed by atoms with Gasteiger partial charge in [-0.05, 0) is 58.3 Å². The SMILES string of the molecule is COc1ccc(C(c2ccc(OC)cc2)N2CCN(C(=O)COc3ccc4ccccc4c3)CC2)cc1. The molecule has 1 amide bonds. The highest BCUT2D eigenvalue weighted by molar-refractivity contribution is 5.84. The quantitative estimate of drug-likeness (QED) is 0.337. The largest absolute Gasteiger partial charge is 0.497 e. The third kappa shape index (κ3) is 5.70. The highest BCUT2D eigenvalue weighted by atomic mass is 16.5. The van der Waals surface area contributed by atoms with E-state index in [4.69, 9.17) is 14.2 Å². The summed E-state index contributed by atoms with van der Waals surface area (Å²) >= 11 is 0. The maximum atomic E-state index is 12.9. The summed E-state index contributed by atoms with van der Waals surface area (Å²) < 4.78 is 16.6. The number of carbonyl (C=O) groups is 1. The molecule has 1 saturated heterocycles. The van der Waals surface area contributed by atoms with Gasteiger partial charge in [0.1, 0.15) is 17.2 Å². The molecule has 4 aromatic carbocycles. The van der Waals surface area contributed by atoms with Crippen LogP contribution in [0.5, 0.6) is 17.2 Å². The summed E-state index contributed by atoms with van der Waals surface area (Å²) in [5, 5.41) is 2.25. The summed E-state index contributed by atoms with van der Waals surface area (Å²) in [5.74, 6) is 2.39. The van der Waals surface area contributed by atoms with Crippen molar-refractivity contribution >= 4 is 16.7 Å². The van der Waals surface area contributed by atoms with Crippen LogP contribution in [-0.4, -0.2) is 62.7 Å². The molecule has 0 bridgehead atoms. The predicted molar refractivity (Wildman–Crippen MR) is 145 cm³/mol. The monoisotopic (exact) mass is 496 g/mol. The van der Waals surface area contributed by atoms with Gasteiger partial charge in [0.25, 0.3) is 5.91 Å². The molecule has 1 fully saturated rings. The summed E-state index contributed by atoms with van der Waals surface area (Å²) in [6.07, 6.45) is 0. The number of ether oxygens (including phenoxy) is 3. The van der Waals surface area contributed by atoms with Gasteiger partial charge >= 0.3 is 0 Å². The van der Waals surface area contributed by atoms with E-state index in [-0.39, 0.29) is 18.6 Å². The molecule has 1 aliphatic heterocycles. The molecule has 0 saturated carbocycles. The van der Waals surface area contributed by atoms with Crippen molar-refractivity contribution in [3.63, 3.8) is 0 Å². The molecule has 37 heavy (non-hydrogen) atoms. The van der Waals surface area contributed by atoms with Gasteiger partial charge in [0, 0.05) is 26.2 Å². The number of fused-ring (bicyclic) bond motifs is 1. The third-order valence-corrected chi connectivity index (χ3v) is 6.98. The number of carbonyl (C=O) groups excluding carboxylic acids is 1. The highest BCUT2D eigenvalue weighted by Crippen LogP contribution is 2.32. The molecule has 0 spiro atoms. The van der Waals surface area contributed by atoms with Crippen molar-refractivity contribution in [3.8, 4) is 17.2 Å². The summed E-state index contributed by atoms with van der Waals surface area (Å²) in [6.45, 7) is 2.89. The van der Waals surface area contributed by atoms with Gasteiger partial charge in [0.05, 0.1) is 20.3 Å². The fraction of sp³-hybridized carbons (Fsp3) is 0.258. The number of piperazine rings is 1. The van der Waals surface area contributed by atoms with Crippen LogP contribution in [0.2, 0.25) is 0 Å². The lowest BCUT2D eigenvalue weighted by Gasteiger charge is -2.39. The van der Waals surface area contributed by atoms with E-state index >= 15 is 0 Å². The van der Waals surface area contributed by atoms with E-state index in [9.17, 15) is 4.79 Å². The van der Waals surface area contributed by atoms with Gasteiger partial charge in [0.2, 0.25) is 0 Å². The average Bonchev–Trinajstić information content (AvgIpc) is 2.97. The second-order valence-electron chi connectivity index (χ2n) is 9.16. The minimum atomic E-state index is 0.0123. The maximum Gasteiger partial charge on any atom is 0.260 e. The number of rotatable bonds is 8. The molecule has 1 aliphatic rings. The molecule has 0 aromatic heterocycles. The van der Waals surface area contributed by atoms with Crippen molar-refractivity contribution in [2.45, 2.75) is 6.04 Å². The molecule has 0 atom stereocenters. The zero-order valence-electron chi connectivity index (χ0n) is 21.3. The lowest BCUT2D eigenvalue weighted by Crippen LogP contribution is -2.51. The van der Waals surface area contributed by atoms with Crippen molar-refractivity contribution < 1.29 is 19.0 Å². The molecule has 0 radical (unpaired) electrons. The Morgan fingerprint density at radius 2 is 1.24 bits per heavy atom. The minimum absolute atomic E-state index is 0.0123. The first-order valence-corrected chi connectivity index (χ1v) is 12.6. The molecular formula is C31H32N2O4. The van der Waals surface area contributed by atoms with Crippen LogP contribution in [0.3, 0.4) is 0 Å². The molecule has 190 valence electrons. The Labute approximate surface area is 218 Å². The normalized spacial score (nSPS) is 14.1. The zero-order chi connectivity index (χ0) is 25.6. The van der Waals surface area contributed by atoms with Gasteiger partial charge < -0.3 is 19.1 Å². The lowest BCUT2D eigenvalue weighted by molar-refractivity contribution is -0.135. The fourth-order valence-corrected chi connectivity index (χ4v) is 4.91. The first kappa shape index (κ1) is 24.7. The Bertz CT molecular complexity index is 1280. The minimum Gasteiger partial charge on any atom is -0.497 e. The maximum absolute atomic E-state index is 12.9. The van der Waals surface area contributed by atoms with Crippen LogP contribution in [0.25, 0.3) is 10.8 Å². The Morgan fingerprint density at radius 1 is 0.703 bits per heavy atom. The van der Waals surface area contributed by atoms with Gasteiger partial charge in [-0.15, -0.1) is 0 Å². The summed E-state index contributed by atoms with van der Waals surface area (Å²) in [5.41, 5.74) is 2.37. The van der Waals surface area contributed by atoms with E-state index in [0.717, 1.165) is 35.4 Å². The van der Waals surface area contributed by atoms with Crippen molar-refractivity contribution in [1.29, 1.82) is 0 Å². The topological polar surface area (TPSA) is 51.2 Å². The van der Waals surface area contributed by atoms with Crippen molar-refractivity contribution in [2.24, 2.45) is 0 Å². The van der Waals surface area contributed by atoms with E-state index in [1.165, 1.54) is 11.1 Å². The Balaban J connectivity index is 1.24. The number of nitrogens with zero attached hydrogens (tertiary/aromatic N) is 2. The smallest absolute Gasteiger partial charge is 0.260 e. The summed E-state index contributed by atoms with van der Waals surface area (Å²) in [6, 6.07) is 30.6. The fourth-order valence-electron chi connectivity index (χ4n) is 4.91. The van der Waals surface area contributed by atoms with E-state index in [2.05, 4.69) is 35.2 Å². The van der Waals surface area contributed by atoms with Gasteiger partial charge in [-0.25, -0.2) is 0 Å². The second-order valence-corrected chi connectivity index (χ2v) is 9.16. The van der Waals surface area contributed by atoms with Crippen LogP contribution in [0.4, 0.5) is 0 Å². The zero-order valence-corrected chi connectivity index (χ0v) is 21.3. The summed E-state index contributed by atoms with van der Waals surface area (Å²) in [7, 11) is 3.35. The summed E-state index contributed by atoms with van der Waals surface area (Å²) in [4.78, 5) is 17.3. The molecule has 0 unspecified atom stereocenters. The van der Waals surface area contributed by atoms with E-state index < -0.39 is 0 Å². The van der Waals surface area contributed by atoms with Crippen LogP contribution in [0.1, 0.15) is 17.2 Å². The number of amides is 1. The average molecular weight is 497 g/mol. The second kappa shape index (κ2) is 11.4. The Hall–Kier alpha value is -4.03. The molecule has 5 rings (SSSR count). The molecular weight excluding hydrogens is 464 g/mol. The molecule has 0 aliphatic carbocycles. The van der Waals surface area contributed by atoms with Crippen LogP contribution in [0.15, 0.2) is 91.0 Å². The Morgan fingerprint density at radius 3 is 1.81 bits per heavy atom. The first-order valence-electron chi connectivity index (χ1n) is 12.6. The van der Waals surface area contributed by atoms with Gasteiger partial charge in [-0.2, -0.15) is 0 Å². The molecule has 6 nitrogen and oxygen atoms in total. The van der Waals surface area contributed by atoms with Crippen molar-refractivity contribution in [3.05, 3.63) is 102 Å². The predicted octanol–water partition coefficient (Wildman–Crippen LogP) is 5.17. The van der Waals surface area contributed by atoms with E-state index in [1.54, 1.807) is 14.2 Å². The first-order chi connectivity index (χ1) is 18.1. The van der Waals surface area contributed by atoms with Crippen LogP contribution < -0.4 is 14.2 Å². The van der Waals surface area contributed by atoms with E-state index in [0.29, 0.717) is 18.8 Å². The van der Waals surface area contributed by atoms with Crippen LogP contribution in [-0.2, 0) is 4.79 Å². The number of hydrogen-bond donors (Lipinski definition) is 0. The van der Waals surface area contributed by atoms with Gasteiger partial charge in [0.15, 0.2) is 6.61 Å². The number of hydrogen-bond acceptors (Lipinski definition) is 5. The molecule has 1 heterocycles. The third-order valence-electron chi connectivity index (χ3n) is 6.98. The van der Waals surface area contributed by atoms with Crippen molar-refractivity contribution in [1.82, 2.24) is 9.80 Å². The van der Waals surface area contributed by atoms with Crippen LogP contribution >= 0.6 is 0 Å². The highest BCUT2D eigenvalue weighted by Gasteiger charge is 2.28.